The zero-order chi connectivity index (χ0) is 15.0. The van der Waals surface area contributed by atoms with E-state index < -0.39 is 0 Å². The van der Waals surface area contributed by atoms with Gasteiger partial charge in [0.1, 0.15) is 0 Å². The summed E-state index contributed by atoms with van der Waals surface area (Å²) in [5.41, 5.74) is 2.37. The number of hydrogen-bond donors (Lipinski definition) is 0. The van der Waals surface area contributed by atoms with Crippen LogP contribution < -0.4 is 4.90 Å². The van der Waals surface area contributed by atoms with E-state index in [4.69, 9.17) is 11.6 Å². The number of carbonyl (C=O) groups excluding carboxylic acids is 1. The summed E-state index contributed by atoms with van der Waals surface area (Å²) in [6, 6.07) is 5.97. The van der Waals surface area contributed by atoms with Crippen molar-refractivity contribution in [2.24, 2.45) is 5.92 Å². The van der Waals surface area contributed by atoms with Gasteiger partial charge in [-0.2, -0.15) is 0 Å². The first-order chi connectivity index (χ1) is 9.99. The van der Waals surface area contributed by atoms with Gasteiger partial charge < -0.3 is 4.90 Å². The molecule has 0 N–H and O–H groups in total. The Kier molecular flexibility index (Phi) is 4.00. The third kappa shape index (κ3) is 2.83. The molecule has 3 rings (SSSR count). The first-order valence-electron chi connectivity index (χ1n) is 8.08. The molecule has 0 radical (unpaired) electrons. The first-order valence-corrected chi connectivity index (χ1v) is 8.45. The van der Waals surface area contributed by atoms with Crippen LogP contribution in [-0.2, 0) is 10.2 Å². The lowest BCUT2D eigenvalue weighted by Crippen LogP contribution is -2.35. The number of benzene rings is 1. The van der Waals surface area contributed by atoms with Crippen molar-refractivity contribution in [3.63, 3.8) is 0 Å². The SMILES string of the molecule is CC(=O)N1CC(C)(CC2CCCCC2)c2cc(Cl)ccc21. The fourth-order valence-electron chi connectivity index (χ4n) is 4.23. The second kappa shape index (κ2) is 5.64. The third-order valence-corrected chi connectivity index (χ3v) is 5.49. The maximum Gasteiger partial charge on any atom is 0.223 e. The van der Waals surface area contributed by atoms with E-state index in [1.54, 1.807) is 6.92 Å². The molecule has 2 nitrogen and oxygen atoms in total. The highest BCUT2D eigenvalue weighted by Gasteiger charge is 2.41. The predicted octanol–water partition coefficient (Wildman–Crippen LogP) is 4.93. The quantitative estimate of drug-likeness (QED) is 0.758. The van der Waals surface area contributed by atoms with Crippen molar-refractivity contribution >= 4 is 23.2 Å². The maximum atomic E-state index is 12.0. The summed E-state index contributed by atoms with van der Waals surface area (Å²) in [4.78, 5) is 13.9. The third-order valence-electron chi connectivity index (χ3n) is 5.25. The van der Waals surface area contributed by atoms with Crippen LogP contribution in [0.1, 0.15) is 57.9 Å². The summed E-state index contributed by atoms with van der Waals surface area (Å²) in [6.45, 7) is 4.76. The van der Waals surface area contributed by atoms with Crippen LogP contribution in [-0.4, -0.2) is 12.5 Å². The highest BCUT2D eigenvalue weighted by Crippen LogP contribution is 2.47. The number of carbonyl (C=O) groups is 1. The van der Waals surface area contributed by atoms with Crippen LogP contribution in [0, 0.1) is 5.92 Å². The Bertz CT molecular complexity index is 550. The van der Waals surface area contributed by atoms with Crippen LogP contribution in [0.4, 0.5) is 5.69 Å². The molecule has 1 unspecified atom stereocenters. The van der Waals surface area contributed by atoms with Crippen LogP contribution in [0.15, 0.2) is 18.2 Å². The van der Waals surface area contributed by atoms with Gasteiger partial charge in [-0.25, -0.2) is 0 Å². The Labute approximate surface area is 132 Å². The van der Waals surface area contributed by atoms with Gasteiger partial charge in [-0.05, 0) is 36.1 Å². The summed E-state index contributed by atoms with van der Waals surface area (Å²) in [5, 5.41) is 0.772. The van der Waals surface area contributed by atoms with E-state index in [9.17, 15) is 4.79 Å². The van der Waals surface area contributed by atoms with Crippen LogP contribution in [0.2, 0.25) is 5.02 Å². The Morgan fingerprint density at radius 3 is 2.71 bits per heavy atom. The topological polar surface area (TPSA) is 20.3 Å². The molecule has 1 aromatic rings. The lowest BCUT2D eigenvalue weighted by atomic mass is 9.73. The molecule has 3 heteroatoms. The number of anilines is 1. The number of hydrogen-bond acceptors (Lipinski definition) is 1. The normalized spacial score (nSPS) is 26.0. The van der Waals surface area contributed by atoms with Crippen molar-refractivity contribution in [2.45, 2.75) is 57.8 Å². The minimum absolute atomic E-state index is 0.0495. The first kappa shape index (κ1) is 14.9. The minimum Gasteiger partial charge on any atom is -0.311 e. The van der Waals surface area contributed by atoms with Gasteiger partial charge in [-0.3, -0.25) is 4.79 Å². The maximum absolute atomic E-state index is 12.0. The molecule has 1 aromatic carbocycles. The molecule has 0 bridgehead atoms. The fraction of sp³-hybridized carbons (Fsp3) is 0.611. The number of fused-ring (bicyclic) bond motifs is 1. The average Bonchev–Trinajstić information content (AvgIpc) is 2.73. The van der Waals surface area contributed by atoms with Gasteiger partial charge >= 0.3 is 0 Å². The van der Waals surface area contributed by atoms with Crippen molar-refractivity contribution < 1.29 is 4.79 Å². The van der Waals surface area contributed by atoms with E-state index in [1.165, 1.54) is 44.1 Å². The van der Waals surface area contributed by atoms with Crippen LogP contribution >= 0.6 is 11.6 Å². The molecule has 21 heavy (non-hydrogen) atoms. The standard InChI is InChI=1S/C18H24ClNO/c1-13(21)20-12-18(2,11-14-6-4-3-5-7-14)16-10-15(19)8-9-17(16)20/h8-10,14H,3-7,11-12H2,1-2H3. The van der Waals surface area contributed by atoms with Crippen LogP contribution in [0.5, 0.6) is 0 Å². The molecular formula is C18H24ClNO. The molecule has 0 aromatic heterocycles. The van der Waals surface area contributed by atoms with Crippen molar-refractivity contribution in [3.05, 3.63) is 28.8 Å². The zero-order valence-corrected chi connectivity index (χ0v) is 13.7. The highest BCUT2D eigenvalue weighted by atomic mass is 35.5. The van der Waals surface area contributed by atoms with E-state index in [0.29, 0.717) is 0 Å². The van der Waals surface area contributed by atoms with Crippen molar-refractivity contribution in [2.75, 3.05) is 11.4 Å². The van der Waals surface area contributed by atoms with Crippen LogP contribution in [0.3, 0.4) is 0 Å². The summed E-state index contributed by atoms with van der Waals surface area (Å²) in [7, 11) is 0. The molecule has 1 amide bonds. The van der Waals surface area contributed by atoms with Crippen molar-refractivity contribution in [3.8, 4) is 0 Å². The minimum atomic E-state index is 0.0495. The molecule has 0 saturated heterocycles. The van der Waals surface area contributed by atoms with Gasteiger partial charge in [-0.1, -0.05) is 50.6 Å². The van der Waals surface area contributed by atoms with Crippen molar-refractivity contribution in [1.29, 1.82) is 0 Å². The van der Waals surface area contributed by atoms with Gasteiger partial charge in [0.15, 0.2) is 0 Å². The number of rotatable bonds is 2. The van der Waals surface area contributed by atoms with Crippen molar-refractivity contribution in [1.82, 2.24) is 0 Å². The Hall–Kier alpha value is -1.02. The van der Waals surface area contributed by atoms with E-state index >= 15 is 0 Å². The lowest BCUT2D eigenvalue weighted by Gasteiger charge is -2.32. The van der Waals surface area contributed by atoms with E-state index in [-0.39, 0.29) is 11.3 Å². The largest absolute Gasteiger partial charge is 0.311 e. The number of amides is 1. The molecule has 1 aliphatic carbocycles. The van der Waals surface area contributed by atoms with Gasteiger partial charge in [0.25, 0.3) is 0 Å². The molecule has 1 saturated carbocycles. The van der Waals surface area contributed by atoms with E-state index in [1.807, 2.05) is 17.0 Å². The molecular weight excluding hydrogens is 282 g/mol. The summed E-state index contributed by atoms with van der Waals surface area (Å²) < 4.78 is 0. The molecule has 1 aliphatic heterocycles. The molecule has 1 atom stereocenters. The predicted molar refractivity (Wildman–Crippen MR) is 88.0 cm³/mol. The number of halogens is 1. The Balaban J connectivity index is 1.92. The van der Waals surface area contributed by atoms with E-state index in [2.05, 4.69) is 13.0 Å². The highest BCUT2D eigenvalue weighted by molar-refractivity contribution is 6.30. The average molecular weight is 306 g/mol. The monoisotopic (exact) mass is 305 g/mol. The van der Waals surface area contributed by atoms with E-state index in [0.717, 1.165) is 23.2 Å². The number of nitrogens with zero attached hydrogens (tertiary/aromatic N) is 1. The second-order valence-electron chi connectivity index (χ2n) is 7.04. The second-order valence-corrected chi connectivity index (χ2v) is 7.47. The molecule has 1 fully saturated rings. The molecule has 0 spiro atoms. The van der Waals surface area contributed by atoms with Gasteiger partial charge in [-0.15, -0.1) is 0 Å². The molecule has 1 heterocycles. The van der Waals surface area contributed by atoms with Crippen LogP contribution in [0.25, 0.3) is 0 Å². The molecule has 2 aliphatic rings. The lowest BCUT2D eigenvalue weighted by molar-refractivity contribution is -0.116. The fourth-order valence-corrected chi connectivity index (χ4v) is 4.40. The summed E-state index contributed by atoms with van der Waals surface area (Å²) >= 11 is 6.22. The van der Waals surface area contributed by atoms with Gasteiger partial charge in [0.2, 0.25) is 5.91 Å². The summed E-state index contributed by atoms with van der Waals surface area (Å²) in [5.74, 6) is 0.924. The smallest absolute Gasteiger partial charge is 0.223 e. The summed E-state index contributed by atoms with van der Waals surface area (Å²) in [6.07, 6.45) is 7.95. The van der Waals surface area contributed by atoms with Gasteiger partial charge in [0, 0.05) is 29.6 Å². The Morgan fingerprint density at radius 2 is 2.05 bits per heavy atom. The zero-order valence-electron chi connectivity index (χ0n) is 13.0. The molecule has 114 valence electrons. The van der Waals surface area contributed by atoms with Gasteiger partial charge in [0.05, 0.1) is 0 Å². The Morgan fingerprint density at radius 1 is 1.33 bits per heavy atom.